The number of nitrogens with zero attached hydrogens (tertiary/aromatic N) is 1. The summed E-state index contributed by atoms with van der Waals surface area (Å²) in [5.41, 5.74) is 2.37. The molecule has 3 aromatic carbocycles. The smallest absolute Gasteiger partial charge is 0.270 e. The number of carbonyl (C=O) groups is 1. The van der Waals surface area contributed by atoms with Gasteiger partial charge in [0.15, 0.2) is 15.8 Å². The molecule has 0 radical (unpaired) electrons. The van der Waals surface area contributed by atoms with Crippen molar-refractivity contribution >= 4 is 46.0 Å². The molecule has 4 nitrogen and oxygen atoms in total. The molecule has 32 heavy (non-hydrogen) atoms. The lowest BCUT2D eigenvalue weighted by atomic mass is 10.1. The van der Waals surface area contributed by atoms with E-state index in [1.165, 1.54) is 40.9 Å². The molecule has 0 aromatic heterocycles. The van der Waals surface area contributed by atoms with E-state index in [4.69, 9.17) is 21.7 Å². The van der Waals surface area contributed by atoms with Crippen molar-refractivity contribution in [2.75, 3.05) is 12.0 Å². The van der Waals surface area contributed by atoms with Crippen LogP contribution in [-0.2, 0) is 4.79 Å². The van der Waals surface area contributed by atoms with Gasteiger partial charge < -0.3 is 9.47 Å². The zero-order valence-corrected chi connectivity index (χ0v) is 19.1. The number of thiocarbonyl (C=S) groups is 1. The number of ether oxygens (including phenoxy) is 2. The molecule has 1 aliphatic heterocycles. The number of hydrogen-bond acceptors (Lipinski definition) is 5. The molecule has 3 aromatic rings. The fourth-order valence-corrected chi connectivity index (χ4v) is 4.58. The van der Waals surface area contributed by atoms with Crippen molar-refractivity contribution in [3.8, 4) is 11.5 Å². The number of rotatable bonds is 6. The lowest BCUT2D eigenvalue weighted by Gasteiger charge is -2.17. The molecule has 0 aliphatic carbocycles. The minimum absolute atomic E-state index is 0.150. The highest BCUT2D eigenvalue weighted by Gasteiger charge is 2.33. The number of amides is 1. The predicted octanol–water partition coefficient (Wildman–Crippen LogP) is 6.38. The highest BCUT2D eigenvalue weighted by Crippen LogP contribution is 2.38. The van der Waals surface area contributed by atoms with Gasteiger partial charge in [-0.15, -0.1) is 0 Å². The number of methoxy groups -OCH3 is 1. The average molecular weight is 466 g/mol. The maximum absolute atomic E-state index is 13.2. The Morgan fingerprint density at radius 2 is 1.75 bits per heavy atom. The zero-order valence-electron chi connectivity index (χ0n) is 17.4. The van der Waals surface area contributed by atoms with Gasteiger partial charge in [0.25, 0.3) is 5.91 Å². The lowest BCUT2D eigenvalue weighted by Crippen LogP contribution is -2.27. The molecular weight excluding hydrogens is 445 g/mol. The Morgan fingerprint density at radius 3 is 2.44 bits per heavy atom. The van der Waals surface area contributed by atoms with Crippen molar-refractivity contribution < 1.29 is 18.7 Å². The number of anilines is 1. The van der Waals surface area contributed by atoms with Gasteiger partial charge in [0.05, 0.1) is 17.7 Å². The van der Waals surface area contributed by atoms with E-state index in [1.807, 2.05) is 55.5 Å². The summed E-state index contributed by atoms with van der Waals surface area (Å²) in [6.45, 7) is 1.98. The summed E-state index contributed by atoms with van der Waals surface area (Å²) in [5.74, 6) is 0.560. The summed E-state index contributed by atoms with van der Waals surface area (Å²) in [5, 5.41) is 0. The topological polar surface area (TPSA) is 38.8 Å². The molecule has 0 bridgehead atoms. The van der Waals surface area contributed by atoms with Crippen molar-refractivity contribution in [1.29, 1.82) is 0 Å². The van der Waals surface area contributed by atoms with Gasteiger partial charge in [-0.25, -0.2) is 4.39 Å². The van der Waals surface area contributed by atoms with Crippen molar-refractivity contribution in [3.05, 3.63) is 94.6 Å². The molecule has 1 aliphatic rings. The van der Waals surface area contributed by atoms with Crippen LogP contribution in [0.3, 0.4) is 0 Å². The quantitative estimate of drug-likeness (QED) is 0.312. The maximum atomic E-state index is 13.2. The first-order chi connectivity index (χ1) is 15.5. The molecule has 162 valence electrons. The maximum Gasteiger partial charge on any atom is 0.270 e. The fourth-order valence-electron chi connectivity index (χ4n) is 3.29. The van der Waals surface area contributed by atoms with Gasteiger partial charge in [-0.05, 0) is 60.5 Å². The Balaban J connectivity index is 1.56. The van der Waals surface area contributed by atoms with E-state index < -0.39 is 0 Å². The van der Waals surface area contributed by atoms with Crippen LogP contribution in [0.15, 0.2) is 77.7 Å². The van der Waals surface area contributed by atoms with Gasteiger partial charge in [0, 0.05) is 0 Å². The summed E-state index contributed by atoms with van der Waals surface area (Å²) in [6, 6.07) is 21.1. The number of carbonyl (C=O) groups excluding carboxylic acids is 1. The van der Waals surface area contributed by atoms with Crippen LogP contribution >= 0.6 is 24.0 Å². The van der Waals surface area contributed by atoms with Crippen molar-refractivity contribution in [1.82, 2.24) is 0 Å². The molecule has 1 atom stereocenters. The lowest BCUT2D eigenvalue weighted by molar-refractivity contribution is -0.113. The van der Waals surface area contributed by atoms with Crippen LogP contribution in [0.2, 0.25) is 0 Å². The Kier molecular flexibility index (Phi) is 6.58. The second-order valence-corrected chi connectivity index (χ2v) is 8.75. The van der Waals surface area contributed by atoms with Gasteiger partial charge in [-0.2, -0.15) is 0 Å². The van der Waals surface area contributed by atoms with Crippen LogP contribution in [0.4, 0.5) is 10.1 Å². The number of benzene rings is 3. The molecule has 0 unspecified atom stereocenters. The Hall–Kier alpha value is -3.16. The van der Waals surface area contributed by atoms with Crippen LogP contribution in [0.25, 0.3) is 6.08 Å². The van der Waals surface area contributed by atoms with Crippen LogP contribution in [0, 0.1) is 5.82 Å². The van der Waals surface area contributed by atoms with E-state index >= 15 is 0 Å². The van der Waals surface area contributed by atoms with Crippen molar-refractivity contribution in [2.45, 2.75) is 13.0 Å². The number of hydrogen-bond donors (Lipinski definition) is 0. The van der Waals surface area contributed by atoms with Crippen LogP contribution in [-0.4, -0.2) is 17.3 Å². The van der Waals surface area contributed by atoms with Crippen molar-refractivity contribution in [2.24, 2.45) is 0 Å². The molecule has 4 rings (SSSR count). The summed E-state index contributed by atoms with van der Waals surface area (Å²) in [6.07, 6.45) is 1.61. The fraction of sp³-hybridized carbons (Fsp3) is 0.120. The molecule has 0 N–H and O–H groups in total. The minimum Gasteiger partial charge on any atom is -0.493 e. The minimum atomic E-state index is -0.370. The molecule has 0 saturated carbocycles. The first-order valence-corrected chi connectivity index (χ1v) is 11.1. The second kappa shape index (κ2) is 9.54. The van der Waals surface area contributed by atoms with E-state index in [2.05, 4.69) is 0 Å². The third-order valence-electron chi connectivity index (χ3n) is 4.94. The Morgan fingerprint density at radius 1 is 1.03 bits per heavy atom. The summed E-state index contributed by atoms with van der Waals surface area (Å²) in [7, 11) is 1.58. The summed E-state index contributed by atoms with van der Waals surface area (Å²) < 4.78 is 25.2. The van der Waals surface area contributed by atoms with Crippen LogP contribution in [0.1, 0.15) is 24.2 Å². The third kappa shape index (κ3) is 4.69. The number of thioether (sulfide) groups is 1. The number of halogens is 1. The van der Waals surface area contributed by atoms with Gasteiger partial charge in [-0.3, -0.25) is 9.69 Å². The third-order valence-corrected chi connectivity index (χ3v) is 6.24. The molecule has 0 spiro atoms. The zero-order chi connectivity index (χ0) is 22.7. The van der Waals surface area contributed by atoms with E-state index in [9.17, 15) is 9.18 Å². The predicted molar refractivity (Wildman–Crippen MR) is 131 cm³/mol. The molecule has 1 fully saturated rings. The van der Waals surface area contributed by atoms with E-state index in [-0.39, 0.29) is 17.8 Å². The average Bonchev–Trinajstić information content (AvgIpc) is 3.08. The molecule has 1 heterocycles. The van der Waals surface area contributed by atoms with Crippen LogP contribution in [0.5, 0.6) is 11.5 Å². The van der Waals surface area contributed by atoms with Gasteiger partial charge >= 0.3 is 0 Å². The molecule has 7 heteroatoms. The molecule has 1 amide bonds. The van der Waals surface area contributed by atoms with E-state index in [0.717, 1.165) is 11.1 Å². The first-order valence-electron chi connectivity index (χ1n) is 9.89. The SMILES string of the molecule is COc1cc(/C=C2/SC(=S)N(c3ccc(F)cc3)C2=O)ccc1O[C@@H](C)c1ccccc1. The Bertz CT molecular complexity index is 1180. The largest absolute Gasteiger partial charge is 0.493 e. The van der Waals surface area contributed by atoms with E-state index in [0.29, 0.717) is 26.4 Å². The van der Waals surface area contributed by atoms with Crippen LogP contribution < -0.4 is 14.4 Å². The van der Waals surface area contributed by atoms with Gasteiger partial charge in [0.1, 0.15) is 11.9 Å². The van der Waals surface area contributed by atoms with E-state index in [1.54, 1.807) is 13.2 Å². The normalized spacial score (nSPS) is 15.8. The Labute approximate surface area is 195 Å². The molecule has 1 saturated heterocycles. The second-order valence-electron chi connectivity index (χ2n) is 7.07. The highest BCUT2D eigenvalue weighted by molar-refractivity contribution is 8.27. The highest BCUT2D eigenvalue weighted by atomic mass is 32.2. The monoisotopic (exact) mass is 465 g/mol. The summed E-state index contributed by atoms with van der Waals surface area (Å²) in [4.78, 5) is 14.8. The molecular formula is C25H20FNO3S2. The van der Waals surface area contributed by atoms with Gasteiger partial charge in [-0.1, -0.05) is 60.4 Å². The first kappa shape index (κ1) is 22.0. The van der Waals surface area contributed by atoms with Gasteiger partial charge in [0.2, 0.25) is 0 Å². The summed E-state index contributed by atoms with van der Waals surface area (Å²) >= 11 is 6.58. The van der Waals surface area contributed by atoms with Crippen molar-refractivity contribution in [3.63, 3.8) is 0 Å². The standard InChI is InChI=1S/C25H20FNO3S2/c1-16(18-6-4-3-5-7-18)30-21-13-8-17(14-22(21)29-2)15-23-24(28)27(25(31)32-23)20-11-9-19(26)10-12-20/h3-16H,1-2H3/b23-15+/t16-/m0/s1.